The molecule has 1 unspecified atom stereocenters. The number of rotatable bonds is 9. The van der Waals surface area contributed by atoms with E-state index in [1.807, 2.05) is 0 Å². The van der Waals surface area contributed by atoms with Crippen LogP contribution in [0.4, 0.5) is 17.6 Å². The van der Waals surface area contributed by atoms with E-state index in [9.17, 15) is 17.6 Å². The topological polar surface area (TPSA) is 9.23 Å². The monoisotopic (exact) mass is 512 g/mol. The van der Waals surface area contributed by atoms with Crippen LogP contribution in [0, 0.1) is 41.4 Å². The normalized spacial score (nSPS) is 34.2. The van der Waals surface area contributed by atoms with E-state index in [-0.39, 0.29) is 5.57 Å². The molecule has 0 aromatic rings. The first-order valence-corrected chi connectivity index (χ1v) is 14.5. The Morgan fingerprint density at radius 3 is 1.86 bits per heavy atom. The summed E-state index contributed by atoms with van der Waals surface area (Å²) in [6.07, 6.45) is 19.6. The summed E-state index contributed by atoms with van der Waals surface area (Å²) in [5.41, 5.74) is 0.00725. The largest absolute Gasteiger partial charge is 0.397 e. The Morgan fingerprint density at radius 2 is 1.33 bits per heavy atom. The van der Waals surface area contributed by atoms with Gasteiger partial charge in [0.15, 0.2) is 0 Å². The maximum atomic E-state index is 13.9. The van der Waals surface area contributed by atoms with Gasteiger partial charge < -0.3 is 4.74 Å². The van der Waals surface area contributed by atoms with Crippen LogP contribution in [-0.4, -0.2) is 19.4 Å². The van der Waals surface area contributed by atoms with Gasteiger partial charge in [-0.25, -0.2) is 4.39 Å². The standard InChI is InChI=1S/C31H48F4O/c1-22-6-16-28(17-7-22)29-18-14-26(15-19-29)9-8-25-10-12-27(13-11-25)21-36-20-4-5-23(2)30(32)24(3)31(33,34)35/h4-5,8-9,22,24-29H,6-7,10-21H2,1-3H3/b5-4-,9-8+,30-23+. The highest BCUT2D eigenvalue weighted by molar-refractivity contribution is 5.21. The number of alkyl halides is 3. The van der Waals surface area contributed by atoms with E-state index in [1.54, 1.807) is 6.08 Å². The van der Waals surface area contributed by atoms with E-state index in [2.05, 4.69) is 19.1 Å². The highest BCUT2D eigenvalue weighted by Gasteiger charge is 2.39. The molecule has 0 spiro atoms. The average molecular weight is 513 g/mol. The molecule has 0 aromatic heterocycles. The molecule has 0 aromatic carbocycles. The molecule has 3 aliphatic carbocycles. The average Bonchev–Trinajstić information content (AvgIpc) is 2.87. The van der Waals surface area contributed by atoms with Crippen molar-refractivity contribution in [2.75, 3.05) is 13.2 Å². The van der Waals surface area contributed by atoms with E-state index >= 15 is 0 Å². The van der Waals surface area contributed by atoms with E-state index < -0.39 is 17.9 Å². The fourth-order valence-corrected chi connectivity index (χ4v) is 6.52. The van der Waals surface area contributed by atoms with Gasteiger partial charge in [-0.15, -0.1) is 0 Å². The van der Waals surface area contributed by atoms with Crippen LogP contribution in [-0.2, 0) is 4.74 Å². The molecule has 3 aliphatic rings. The lowest BCUT2D eigenvalue weighted by molar-refractivity contribution is -0.163. The van der Waals surface area contributed by atoms with Crippen molar-refractivity contribution >= 4 is 0 Å². The molecule has 0 bridgehead atoms. The zero-order valence-electron chi connectivity index (χ0n) is 22.7. The summed E-state index contributed by atoms with van der Waals surface area (Å²) in [6.45, 7) is 5.58. The van der Waals surface area contributed by atoms with Crippen molar-refractivity contribution < 1.29 is 22.3 Å². The molecular weight excluding hydrogens is 464 g/mol. The van der Waals surface area contributed by atoms with Gasteiger partial charge in [-0.1, -0.05) is 44.1 Å². The molecule has 0 aliphatic heterocycles. The fourth-order valence-electron chi connectivity index (χ4n) is 6.52. The van der Waals surface area contributed by atoms with Crippen LogP contribution in [0.5, 0.6) is 0 Å². The lowest BCUT2D eigenvalue weighted by Gasteiger charge is -2.36. The van der Waals surface area contributed by atoms with Crippen LogP contribution in [0.3, 0.4) is 0 Å². The molecular formula is C31H48F4O. The molecule has 3 rings (SSSR count). The third-order valence-corrected chi connectivity index (χ3v) is 9.27. The molecule has 1 atom stereocenters. The first-order chi connectivity index (χ1) is 17.1. The summed E-state index contributed by atoms with van der Waals surface area (Å²) < 4.78 is 57.5. The van der Waals surface area contributed by atoms with Gasteiger partial charge in [0.05, 0.1) is 6.61 Å². The third-order valence-electron chi connectivity index (χ3n) is 9.27. The molecule has 3 saturated carbocycles. The Hall–Kier alpha value is -1.10. The smallest absolute Gasteiger partial charge is 0.377 e. The molecule has 206 valence electrons. The van der Waals surface area contributed by atoms with Gasteiger partial charge in [0.1, 0.15) is 11.7 Å². The molecule has 5 heteroatoms. The van der Waals surface area contributed by atoms with Crippen LogP contribution in [0.1, 0.15) is 97.8 Å². The van der Waals surface area contributed by atoms with Gasteiger partial charge in [0.25, 0.3) is 0 Å². The predicted molar refractivity (Wildman–Crippen MR) is 140 cm³/mol. The summed E-state index contributed by atoms with van der Waals surface area (Å²) in [5, 5.41) is 0. The lowest BCUT2D eigenvalue weighted by Crippen LogP contribution is -2.25. The van der Waals surface area contributed by atoms with Gasteiger partial charge in [-0.3, -0.25) is 0 Å². The number of hydrogen-bond donors (Lipinski definition) is 0. The number of allylic oxidation sites excluding steroid dienone is 5. The van der Waals surface area contributed by atoms with Gasteiger partial charge in [0, 0.05) is 6.61 Å². The van der Waals surface area contributed by atoms with Crippen molar-refractivity contribution in [3.63, 3.8) is 0 Å². The Balaban J connectivity index is 1.28. The Labute approximate surface area is 216 Å². The fraction of sp³-hybridized carbons (Fsp3) is 0.806. The maximum absolute atomic E-state index is 13.9. The summed E-state index contributed by atoms with van der Waals surface area (Å²) >= 11 is 0. The highest BCUT2D eigenvalue weighted by Crippen LogP contribution is 2.42. The van der Waals surface area contributed by atoms with Crippen LogP contribution in [0.15, 0.2) is 35.7 Å². The van der Waals surface area contributed by atoms with Gasteiger partial charge in [-0.05, 0) is 119 Å². The van der Waals surface area contributed by atoms with Crippen LogP contribution >= 0.6 is 0 Å². The summed E-state index contributed by atoms with van der Waals surface area (Å²) in [7, 11) is 0. The second-order valence-corrected chi connectivity index (χ2v) is 12.1. The van der Waals surface area contributed by atoms with Crippen molar-refractivity contribution in [2.24, 2.45) is 41.4 Å². The zero-order valence-corrected chi connectivity index (χ0v) is 22.7. The molecule has 36 heavy (non-hydrogen) atoms. The van der Waals surface area contributed by atoms with E-state index in [0.717, 1.165) is 43.4 Å². The number of hydrogen-bond acceptors (Lipinski definition) is 1. The second-order valence-electron chi connectivity index (χ2n) is 12.1. The molecule has 0 N–H and O–H groups in total. The lowest BCUT2D eigenvalue weighted by atomic mass is 9.69. The Bertz CT molecular complexity index is 728. The molecule has 0 saturated heterocycles. The van der Waals surface area contributed by atoms with Crippen molar-refractivity contribution in [3.8, 4) is 0 Å². The maximum Gasteiger partial charge on any atom is 0.397 e. The van der Waals surface area contributed by atoms with Gasteiger partial charge in [-0.2, -0.15) is 13.2 Å². The number of ether oxygens (including phenoxy) is 1. The quantitative estimate of drug-likeness (QED) is 0.129. The third kappa shape index (κ3) is 9.33. The Morgan fingerprint density at radius 1 is 0.833 bits per heavy atom. The predicted octanol–water partition coefficient (Wildman–Crippen LogP) is 10.00. The second kappa shape index (κ2) is 14.2. The van der Waals surface area contributed by atoms with Gasteiger partial charge >= 0.3 is 6.18 Å². The van der Waals surface area contributed by atoms with Crippen LogP contribution < -0.4 is 0 Å². The zero-order chi connectivity index (χ0) is 26.1. The van der Waals surface area contributed by atoms with Crippen molar-refractivity contribution in [1.82, 2.24) is 0 Å². The van der Waals surface area contributed by atoms with E-state index in [4.69, 9.17) is 4.74 Å². The van der Waals surface area contributed by atoms with Crippen molar-refractivity contribution in [1.29, 1.82) is 0 Å². The molecule has 1 nitrogen and oxygen atoms in total. The van der Waals surface area contributed by atoms with Crippen molar-refractivity contribution in [2.45, 2.75) is 104 Å². The highest BCUT2D eigenvalue weighted by atomic mass is 19.4. The van der Waals surface area contributed by atoms with Crippen molar-refractivity contribution in [3.05, 3.63) is 35.7 Å². The minimum Gasteiger partial charge on any atom is -0.377 e. The molecule has 0 radical (unpaired) electrons. The molecule has 0 amide bonds. The molecule has 0 heterocycles. The first-order valence-electron chi connectivity index (χ1n) is 14.5. The van der Waals surface area contributed by atoms with E-state index in [0.29, 0.717) is 25.0 Å². The minimum atomic E-state index is -4.56. The minimum absolute atomic E-state index is 0.00725. The summed E-state index contributed by atoms with van der Waals surface area (Å²) in [6, 6.07) is 0. The summed E-state index contributed by atoms with van der Waals surface area (Å²) in [4.78, 5) is 0. The van der Waals surface area contributed by atoms with Gasteiger partial charge in [0.2, 0.25) is 0 Å². The molecule has 3 fully saturated rings. The number of halogens is 4. The Kier molecular flexibility index (Phi) is 11.6. The van der Waals surface area contributed by atoms with Crippen LogP contribution in [0.2, 0.25) is 0 Å². The summed E-state index contributed by atoms with van der Waals surface area (Å²) in [5.74, 6) is 1.72. The van der Waals surface area contributed by atoms with Crippen LogP contribution in [0.25, 0.3) is 0 Å². The SMILES string of the molecule is CC(/C=C\COCC1CCC(/C=C/C2CCC(C3CCC(C)CC3)CC2)CC1)=C(\F)C(C)C(F)(F)F. The first kappa shape index (κ1) is 29.5. The van der Waals surface area contributed by atoms with E-state index in [1.165, 1.54) is 77.2 Å².